The molecule has 0 unspecified atom stereocenters. The predicted molar refractivity (Wildman–Crippen MR) is 55.6 cm³/mol. The Morgan fingerprint density at radius 2 is 1.71 bits per heavy atom. The monoisotopic (exact) mass is 192 g/mol. The van der Waals surface area contributed by atoms with Crippen LogP contribution in [0.5, 0.6) is 11.5 Å². The van der Waals surface area contributed by atoms with Crippen molar-refractivity contribution >= 4 is 0 Å². The molecule has 1 aliphatic rings. The van der Waals surface area contributed by atoms with Crippen molar-refractivity contribution < 1.29 is 9.84 Å². The van der Waals surface area contributed by atoms with E-state index in [-0.39, 0.29) is 11.4 Å². The highest BCUT2D eigenvalue weighted by Gasteiger charge is 2.30. The van der Waals surface area contributed by atoms with Crippen LogP contribution in [0, 0.1) is 0 Å². The van der Waals surface area contributed by atoms with Gasteiger partial charge < -0.3 is 9.84 Å². The van der Waals surface area contributed by atoms with E-state index in [1.807, 2.05) is 12.1 Å². The third-order valence-corrected chi connectivity index (χ3v) is 2.86. The smallest absolute Gasteiger partial charge is 0.120 e. The standard InChI is InChI=1S/C12H16O2/c1-12(8-2-3-9-12)14-11-6-4-10(13)5-7-11/h4-7,13H,2-3,8-9H2,1H3. The molecule has 0 radical (unpaired) electrons. The number of ether oxygens (including phenoxy) is 1. The molecule has 2 heteroatoms. The average molecular weight is 192 g/mol. The van der Waals surface area contributed by atoms with Crippen LogP contribution in [-0.2, 0) is 0 Å². The highest BCUT2D eigenvalue weighted by Crippen LogP contribution is 2.34. The second kappa shape index (κ2) is 3.52. The molecule has 2 rings (SSSR count). The number of benzene rings is 1. The summed E-state index contributed by atoms with van der Waals surface area (Å²) < 4.78 is 5.91. The van der Waals surface area contributed by atoms with Crippen LogP contribution in [0.4, 0.5) is 0 Å². The Hall–Kier alpha value is -1.18. The van der Waals surface area contributed by atoms with Crippen LogP contribution in [0.3, 0.4) is 0 Å². The summed E-state index contributed by atoms with van der Waals surface area (Å²) in [5.41, 5.74) is 0.0109. The molecule has 1 fully saturated rings. The van der Waals surface area contributed by atoms with Gasteiger partial charge in [-0.2, -0.15) is 0 Å². The molecule has 1 N–H and O–H groups in total. The molecule has 0 heterocycles. The largest absolute Gasteiger partial charge is 0.508 e. The number of hydrogen-bond acceptors (Lipinski definition) is 2. The van der Waals surface area contributed by atoms with E-state index in [1.165, 1.54) is 12.8 Å². The van der Waals surface area contributed by atoms with Gasteiger partial charge in [-0.25, -0.2) is 0 Å². The van der Waals surface area contributed by atoms with Gasteiger partial charge in [0, 0.05) is 0 Å². The first kappa shape index (κ1) is 9.38. The maximum Gasteiger partial charge on any atom is 0.120 e. The van der Waals surface area contributed by atoms with Gasteiger partial charge in [0.25, 0.3) is 0 Å². The number of phenolic OH excluding ortho intramolecular Hbond substituents is 1. The van der Waals surface area contributed by atoms with Crippen molar-refractivity contribution in [3.8, 4) is 11.5 Å². The van der Waals surface area contributed by atoms with Gasteiger partial charge in [0.05, 0.1) is 0 Å². The fraction of sp³-hybridized carbons (Fsp3) is 0.500. The van der Waals surface area contributed by atoms with Crippen LogP contribution in [0.25, 0.3) is 0 Å². The Bertz CT molecular complexity index is 297. The van der Waals surface area contributed by atoms with Crippen molar-refractivity contribution in [2.24, 2.45) is 0 Å². The molecule has 0 atom stereocenters. The van der Waals surface area contributed by atoms with Crippen LogP contribution < -0.4 is 4.74 Å². The number of hydrogen-bond donors (Lipinski definition) is 1. The van der Waals surface area contributed by atoms with Gasteiger partial charge in [-0.05, 0) is 56.9 Å². The fourth-order valence-corrected chi connectivity index (χ4v) is 2.02. The van der Waals surface area contributed by atoms with Gasteiger partial charge >= 0.3 is 0 Å². The molecule has 0 amide bonds. The quantitative estimate of drug-likeness (QED) is 0.780. The molecule has 0 bridgehead atoms. The molecule has 1 aliphatic carbocycles. The number of phenols is 1. The Balaban J connectivity index is 2.06. The molecule has 1 aromatic rings. The number of aromatic hydroxyl groups is 1. The zero-order valence-electron chi connectivity index (χ0n) is 8.49. The molecule has 0 spiro atoms. The van der Waals surface area contributed by atoms with Gasteiger partial charge in [0.1, 0.15) is 17.1 Å². The minimum absolute atomic E-state index is 0.0109. The summed E-state index contributed by atoms with van der Waals surface area (Å²) in [5.74, 6) is 1.14. The minimum atomic E-state index is 0.0109. The summed E-state index contributed by atoms with van der Waals surface area (Å²) >= 11 is 0. The van der Waals surface area contributed by atoms with Gasteiger partial charge in [0.15, 0.2) is 0 Å². The van der Waals surface area contributed by atoms with Crippen LogP contribution in [0.15, 0.2) is 24.3 Å². The molecule has 14 heavy (non-hydrogen) atoms. The van der Waals surface area contributed by atoms with Crippen LogP contribution >= 0.6 is 0 Å². The molecule has 1 saturated carbocycles. The molecular weight excluding hydrogens is 176 g/mol. The first-order valence-electron chi connectivity index (χ1n) is 5.16. The summed E-state index contributed by atoms with van der Waals surface area (Å²) in [6.45, 7) is 2.16. The molecule has 0 aromatic heterocycles. The first-order chi connectivity index (χ1) is 6.68. The topological polar surface area (TPSA) is 29.5 Å². The van der Waals surface area contributed by atoms with Gasteiger partial charge in [-0.1, -0.05) is 0 Å². The fourth-order valence-electron chi connectivity index (χ4n) is 2.02. The first-order valence-corrected chi connectivity index (χ1v) is 5.16. The van der Waals surface area contributed by atoms with E-state index in [1.54, 1.807) is 12.1 Å². The number of rotatable bonds is 2. The van der Waals surface area contributed by atoms with Crippen LogP contribution in [0.2, 0.25) is 0 Å². The van der Waals surface area contributed by atoms with E-state index in [4.69, 9.17) is 9.84 Å². The van der Waals surface area contributed by atoms with Crippen molar-refractivity contribution in [3.63, 3.8) is 0 Å². The molecule has 2 nitrogen and oxygen atoms in total. The predicted octanol–water partition coefficient (Wildman–Crippen LogP) is 3.10. The van der Waals surface area contributed by atoms with E-state index >= 15 is 0 Å². The Morgan fingerprint density at radius 1 is 1.14 bits per heavy atom. The van der Waals surface area contributed by atoms with E-state index in [9.17, 15) is 0 Å². The SMILES string of the molecule is CC1(Oc2ccc(O)cc2)CCCC1. The third-order valence-electron chi connectivity index (χ3n) is 2.86. The van der Waals surface area contributed by atoms with Gasteiger partial charge in [-0.15, -0.1) is 0 Å². The summed E-state index contributed by atoms with van der Waals surface area (Å²) in [6, 6.07) is 6.96. The van der Waals surface area contributed by atoms with E-state index in [0.717, 1.165) is 18.6 Å². The normalized spacial score (nSPS) is 19.5. The Labute approximate surface area is 84.5 Å². The van der Waals surface area contributed by atoms with Gasteiger partial charge in [0.2, 0.25) is 0 Å². The zero-order valence-corrected chi connectivity index (χ0v) is 8.49. The lowest BCUT2D eigenvalue weighted by molar-refractivity contribution is 0.0967. The molecular formula is C12H16O2. The molecule has 0 saturated heterocycles. The zero-order chi connectivity index (χ0) is 10.0. The highest BCUT2D eigenvalue weighted by molar-refractivity contribution is 5.30. The van der Waals surface area contributed by atoms with Crippen LogP contribution in [-0.4, -0.2) is 10.7 Å². The van der Waals surface area contributed by atoms with Gasteiger partial charge in [-0.3, -0.25) is 0 Å². The lowest BCUT2D eigenvalue weighted by atomic mass is 10.1. The molecule has 0 aliphatic heterocycles. The van der Waals surface area contributed by atoms with Crippen molar-refractivity contribution in [1.82, 2.24) is 0 Å². The average Bonchev–Trinajstić information content (AvgIpc) is 2.57. The molecule has 76 valence electrons. The maximum atomic E-state index is 9.13. The third kappa shape index (κ3) is 2.00. The summed E-state index contributed by atoms with van der Waals surface area (Å²) in [7, 11) is 0. The van der Waals surface area contributed by atoms with Crippen molar-refractivity contribution in [3.05, 3.63) is 24.3 Å². The Morgan fingerprint density at radius 3 is 2.29 bits per heavy atom. The second-order valence-electron chi connectivity index (χ2n) is 4.25. The Kier molecular flexibility index (Phi) is 2.36. The summed E-state index contributed by atoms with van der Waals surface area (Å²) in [4.78, 5) is 0. The maximum absolute atomic E-state index is 9.13. The highest BCUT2D eigenvalue weighted by atomic mass is 16.5. The lowest BCUT2D eigenvalue weighted by Crippen LogP contribution is -2.27. The van der Waals surface area contributed by atoms with Crippen LogP contribution in [0.1, 0.15) is 32.6 Å². The van der Waals surface area contributed by atoms with E-state index in [0.29, 0.717) is 0 Å². The van der Waals surface area contributed by atoms with Crippen molar-refractivity contribution in [2.45, 2.75) is 38.2 Å². The summed E-state index contributed by atoms with van der Waals surface area (Å²) in [5, 5.41) is 9.13. The second-order valence-corrected chi connectivity index (χ2v) is 4.25. The van der Waals surface area contributed by atoms with Crippen molar-refractivity contribution in [2.75, 3.05) is 0 Å². The lowest BCUT2D eigenvalue weighted by Gasteiger charge is -2.25. The van der Waals surface area contributed by atoms with E-state index < -0.39 is 0 Å². The summed E-state index contributed by atoms with van der Waals surface area (Å²) in [6.07, 6.45) is 4.78. The molecule has 1 aromatic carbocycles. The minimum Gasteiger partial charge on any atom is -0.508 e. The van der Waals surface area contributed by atoms with Crippen molar-refractivity contribution in [1.29, 1.82) is 0 Å². The van der Waals surface area contributed by atoms with E-state index in [2.05, 4.69) is 6.92 Å².